The molecule has 154 valence electrons. The van der Waals surface area contributed by atoms with Crippen molar-refractivity contribution in [3.8, 4) is 0 Å². The topological polar surface area (TPSA) is 95.5 Å². The average molecular weight is 396 g/mol. The van der Waals surface area contributed by atoms with Gasteiger partial charge in [-0.15, -0.1) is 0 Å². The highest BCUT2D eigenvalue weighted by Gasteiger charge is 2.19. The first-order chi connectivity index (χ1) is 13.7. The van der Waals surface area contributed by atoms with Crippen LogP contribution in [-0.4, -0.2) is 36.0 Å². The molecule has 3 N–H and O–H groups in total. The smallest absolute Gasteiger partial charge is 0.308 e. The molecule has 0 bridgehead atoms. The number of carboxylic acids is 1. The van der Waals surface area contributed by atoms with Crippen LogP contribution in [0.4, 0.5) is 0 Å². The first-order valence-electron chi connectivity index (χ1n) is 9.59. The molecule has 6 heteroatoms. The Balaban J connectivity index is 1.92. The summed E-state index contributed by atoms with van der Waals surface area (Å²) in [5.74, 6) is -2.24. The maximum absolute atomic E-state index is 12.4. The van der Waals surface area contributed by atoms with E-state index >= 15 is 0 Å². The van der Waals surface area contributed by atoms with E-state index in [0.717, 1.165) is 5.56 Å². The maximum Gasteiger partial charge on any atom is 0.308 e. The number of carboxylic acid groups (broad SMARTS) is 1. The summed E-state index contributed by atoms with van der Waals surface area (Å²) in [6.07, 6.45) is 0.337. The fourth-order valence-corrected chi connectivity index (χ4v) is 2.68. The van der Waals surface area contributed by atoms with E-state index in [-0.39, 0.29) is 23.8 Å². The molecule has 0 fully saturated rings. The summed E-state index contributed by atoms with van der Waals surface area (Å²) in [6, 6.07) is 15.6. The molecule has 0 spiro atoms. The second-order valence-corrected chi connectivity index (χ2v) is 8.26. The van der Waals surface area contributed by atoms with Crippen LogP contribution in [-0.2, 0) is 11.2 Å². The summed E-state index contributed by atoms with van der Waals surface area (Å²) in [7, 11) is 0. The maximum atomic E-state index is 12.4. The molecule has 2 amide bonds. The molecule has 0 aliphatic carbocycles. The Bertz CT molecular complexity index is 839. The Morgan fingerprint density at radius 1 is 0.862 bits per heavy atom. The van der Waals surface area contributed by atoms with Gasteiger partial charge in [-0.1, -0.05) is 51.1 Å². The fourth-order valence-electron chi connectivity index (χ4n) is 2.68. The van der Waals surface area contributed by atoms with Gasteiger partial charge < -0.3 is 15.7 Å². The zero-order valence-electron chi connectivity index (χ0n) is 17.1. The van der Waals surface area contributed by atoms with Crippen LogP contribution in [0.5, 0.6) is 0 Å². The average Bonchev–Trinajstić information content (AvgIpc) is 2.69. The molecule has 0 heterocycles. The second kappa shape index (κ2) is 9.87. The number of carbonyl (C=O) groups excluding carboxylic acids is 2. The number of amides is 2. The van der Waals surface area contributed by atoms with Crippen LogP contribution in [0.15, 0.2) is 54.6 Å². The quantitative estimate of drug-likeness (QED) is 0.639. The molecule has 0 aromatic heterocycles. The van der Waals surface area contributed by atoms with Crippen LogP contribution < -0.4 is 10.6 Å². The lowest BCUT2D eigenvalue weighted by molar-refractivity contribution is -0.141. The van der Waals surface area contributed by atoms with Crippen molar-refractivity contribution in [1.82, 2.24) is 10.6 Å². The van der Waals surface area contributed by atoms with Gasteiger partial charge in [0.15, 0.2) is 0 Å². The largest absolute Gasteiger partial charge is 0.481 e. The molecule has 1 unspecified atom stereocenters. The van der Waals surface area contributed by atoms with Crippen LogP contribution in [0.3, 0.4) is 0 Å². The van der Waals surface area contributed by atoms with Crippen molar-refractivity contribution in [2.75, 3.05) is 13.1 Å². The van der Waals surface area contributed by atoms with Crippen molar-refractivity contribution in [2.45, 2.75) is 27.2 Å². The molecule has 29 heavy (non-hydrogen) atoms. The standard InChI is InChI=1S/C23H28N2O4/c1-23(2,3)15-25-21(27)18-11-9-17(10-12-18)20(26)24-14-19(22(28)29)13-16-7-5-4-6-8-16/h4-12,19H,13-15H2,1-3H3,(H,24,26)(H,25,27)(H,28,29). The summed E-state index contributed by atoms with van der Waals surface area (Å²) in [6.45, 7) is 6.66. The van der Waals surface area contributed by atoms with Crippen LogP contribution in [0, 0.1) is 11.3 Å². The Labute approximate surface area is 171 Å². The number of carbonyl (C=O) groups is 3. The van der Waals surface area contributed by atoms with E-state index in [0.29, 0.717) is 24.1 Å². The van der Waals surface area contributed by atoms with Crippen LogP contribution in [0.2, 0.25) is 0 Å². The minimum Gasteiger partial charge on any atom is -0.481 e. The number of benzene rings is 2. The molecule has 6 nitrogen and oxygen atoms in total. The summed E-state index contributed by atoms with van der Waals surface area (Å²) < 4.78 is 0. The van der Waals surface area contributed by atoms with Gasteiger partial charge in [0, 0.05) is 24.2 Å². The summed E-state index contributed by atoms with van der Waals surface area (Å²) in [5.41, 5.74) is 1.73. The van der Waals surface area contributed by atoms with E-state index in [9.17, 15) is 19.5 Å². The van der Waals surface area contributed by atoms with E-state index in [1.54, 1.807) is 24.3 Å². The number of nitrogens with one attached hydrogen (secondary N) is 2. The molecule has 2 aromatic carbocycles. The van der Waals surface area contributed by atoms with Gasteiger partial charge in [-0.2, -0.15) is 0 Å². The third kappa shape index (κ3) is 7.41. The second-order valence-electron chi connectivity index (χ2n) is 8.26. The van der Waals surface area contributed by atoms with Gasteiger partial charge in [-0.05, 0) is 41.7 Å². The summed E-state index contributed by atoms with van der Waals surface area (Å²) >= 11 is 0. The SMILES string of the molecule is CC(C)(C)CNC(=O)c1ccc(C(=O)NCC(Cc2ccccc2)C(=O)O)cc1. The fraction of sp³-hybridized carbons (Fsp3) is 0.348. The Morgan fingerprint density at radius 3 is 1.86 bits per heavy atom. The van der Waals surface area contributed by atoms with Crippen molar-refractivity contribution in [2.24, 2.45) is 11.3 Å². The van der Waals surface area contributed by atoms with Crippen molar-refractivity contribution in [3.63, 3.8) is 0 Å². The first kappa shape index (κ1) is 22.1. The Kier molecular flexibility index (Phi) is 7.53. The number of hydrogen-bond acceptors (Lipinski definition) is 3. The van der Waals surface area contributed by atoms with E-state index in [1.807, 2.05) is 51.1 Å². The highest BCUT2D eigenvalue weighted by molar-refractivity contribution is 5.97. The van der Waals surface area contributed by atoms with E-state index in [4.69, 9.17) is 0 Å². The number of aliphatic carboxylic acids is 1. The van der Waals surface area contributed by atoms with Gasteiger partial charge in [-0.3, -0.25) is 14.4 Å². The number of hydrogen-bond donors (Lipinski definition) is 3. The Morgan fingerprint density at radius 2 is 1.38 bits per heavy atom. The lowest BCUT2D eigenvalue weighted by atomic mass is 9.97. The van der Waals surface area contributed by atoms with Gasteiger partial charge in [0.1, 0.15) is 0 Å². The van der Waals surface area contributed by atoms with Crippen molar-refractivity contribution in [3.05, 3.63) is 71.3 Å². The lowest BCUT2D eigenvalue weighted by Crippen LogP contribution is -2.34. The van der Waals surface area contributed by atoms with Gasteiger partial charge in [-0.25, -0.2) is 0 Å². The van der Waals surface area contributed by atoms with Crippen molar-refractivity contribution >= 4 is 17.8 Å². The summed E-state index contributed by atoms with van der Waals surface area (Å²) in [5, 5.41) is 15.0. The lowest BCUT2D eigenvalue weighted by Gasteiger charge is -2.18. The molecule has 0 saturated heterocycles. The normalized spacial score (nSPS) is 12.1. The minimum atomic E-state index is -0.958. The Hall–Kier alpha value is -3.15. The highest BCUT2D eigenvalue weighted by Crippen LogP contribution is 2.12. The van der Waals surface area contributed by atoms with E-state index in [1.165, 1.54) is 0 Å². The van der Waals surface area contributed by atoms with Gasteiger partial charge in [0.05, 0.1) is 5.92 Å². The predicted molar refractivity (Wildman–Crippen MR) is 112 cm³/mol. The number of rotatable bonds is 8. The molecular weight excluding hydrogens is 368 g/mol. The van der Waals surface area contributed by atoms with E-state index < -0.39 is 11.9 Å². The zero-order valence-corrected chi connectivity index (χ0v) is 17.1. The van der Waals surface area contributed by atoms with Crippen molar-refractivity contribution < 1.29 is 19.5 Å². The van der Waals surface area contributed by atoms with Crippen LogP contribution in [0.25, 0.3) is 0 Å². The molecule has 2 rings (SSSR count). The van der Waals surface area contributed by atoms with Crippen LogP contribution in [0.1, 0.15) is 47.1 Å². The molecular formula is C23H28N2O4. The van der Waals surface area contributed by atoms with Gasteiger partial charge in [0.25, 0.3) is 11.8 Å². The monoisotopic (exact) mass is 396 g/mol. The molecule has 0 aliphatic heterocycles. The molecule has 1 atom stereocenters. The summed E-state index contributed by atoms with van der Waals surface area (Å²) in [4.78, 5) is 36.0. The molecule has 0 aliphatic rings. The van der Waals surface area contributed by atoms with E-state index in [2.05, 4.69) is 10.6 Å². The van der Waals surface area contributed by atoms with Gasteiger partial charge >= 0.3 is 5.97 Å². The van der Waals surface area contributed by atoms with Crippen molar-refractivity contribution in [1.29, 1.82) is 0 Å². The third-order valence-corrected chi connectivity index (χ3v) is 4.37. The van der Waals surface area contributed by atoms with Gasteiger partial charge in [0.2, 0.25) is 0 Å². The highest BCUT2D eigenvalue weighted by atomic mass is 16.4. The zero-order chi connectivity index (χ0) is 21.4. The minimum absolute atomic E-state index is 0.0179. The van der Waals surface area contributed by atoms with Crippen LogP contribution >= 0.6 is 0 Å². The molecule has 0 radical (unpaired) electrons. The first-order valence-corrected chi connectivity index (χ1v) is 9.59. The third-order valence-electron chi connectivity index (χ3n) is 4.37. The predicted octanol–water partition coefficient (Wildman–Crippen LogP) is 3.14. The molecule has 2 aromatic rings. The molecule has 0 saturated carbocycles.